The predicted molar refractivity (Wildman–Crippen MR) is 194 cm³/mol. The summed E-state index contributed by atoms with van der Waals surface area (Å²) in [5.41, 5.74) is 0. The molecule has 0 saturated heterocycles. The highest BCUT2D eigenvalue weighted by Crippen LogP contribution is 2.12. The molecule has 0 amide bonds. The van der Waals surface area contributed by atoms with E-state index in [0.29, 0.717) is 26.1 Å². The molecule has 2 N–H and O–H groups in total. The van der Waals surface area contributed by atoms with Gasteiger partial charge < -0.3 is 24.4 Å². The molecule has 0 aliphatic rings. The summed E-state index contributed by atoms with van der Waals surface area (Å²) < 4.78 is 15.9. The maximum absolute atomic E-state index is 11.9. The molecule has 7 heteroatoms. The van der Waals surface area contributed by atoms with Crippen LogP contribution in [0, 0.1) is 0 Å². The summed E-state index contributed by atoms with van der Waals surface area (Å²) in [4.78, 5) is 23.8. The largest absolute Gasteiger partial charge is 0.463 e. The molecule has 0 rings (SSSR count). The van der Waals surface area contributed by atoms with Gasteiger partial charge in [0.25, 0.3) is 0 Å². The Kier molecular flexibility index (Phi) is 35.8. The fourth-order valence-corrected chi connectivity index (χ4v) is 5.39. The summed E-state index contributed by atoms with van der Waals surface area (Å²) in [6.07, 6.45) is 34.8. The van der Waals surface area contributed by atoms with Crippen molar-refractivity contribution in [1.29, 1.82) is 0 Å². The zero-order valence-corrected chi connectivity index (χ0v) is 30.6. The smallest absolute Gasteiger partial charge is 0.305 e. The van der Waals surface area contributed by atoms with Crippen LogP contribution in [-0.4, -0.2) is 60.8 Å². The second-order valence-electron chi connectivity index (χ2n) is 13.1. The minimum Gasteiger partial charge on any atom is -0.463 e. The summed E-state index contributed by atoms with van der Waals surface area (Å²) in [5.74, 6) is -0.368. The van der Waals surface area contributed by atoms with Crippen LogP contribution in [0.5, 0.6) is 0 Å². The minimum absolute atomic E-state index is 0.184. The van der Waals surface area contributed by atoms with Gasteiger partial charge in [-0.25, -0.2) is 0 Å². The van der Waals surface area contributed by atoms with Gasteiger partial charge in [-0.3, -0.25) is 9.59 Å². The number of rotatable bonds is 36. The average Bonchev–Trinajstić information content (AvgIpc) is 3.06. The molecule has 0 unspecified atom stereocenters. The summed E-state index contributed by atoms with van der Waals surface area (Å²) in [6, 6.07) is 0. The van der Waals surface area contributed by atoms with Crippen molar-refractivity contribution in [3.05, 3.63) is 24.3 Å². The lowest BCUT2D eigenvalue weighted by atomic mass is 10.1. The fourth-order valence-electron chi connectivity index (χ4n) is 5.39. The molecule has 0 aliphatic carbocycles. The van der Waals surface area contributed by atoms with E-state index in [4.69, 9.17) is 14.2 Å². The highest BCUT2D eigenvalue weighted by Gasteiger charge is 2.05. The molecule has 276 valence electrons. The number of allylic oxidation sites excluding steroid dienone is 2. The molecule has 2 atom stereocenters. The van der Waals surface area contributed by atoms with Gasteiger partial charge in [0.15, 0.2) is 0 Å². The molecule has 0 aromatic rings. The molecule has 0 heterocycles. The van der Waals surface area contributed by atoms with Gasteiger partial charge in [-0.1, -0.05) is 128 Å². The van der Waals surface area contributed by atoms with E-state index in [1.165, 1.54) is 38.5 Å². The van der Waals surface area contributed by atoms with Gasteiger partial charge in [-0.2, -0.15) is 0 Å². The molecule has 0 aliphatic heterocycles. The highest BCUT2D eigenvalue weighted by molar-refractivity contribution is 5.69. The lowest BCUT2D eigenvalue weighted by Crippen LogP contribution is -2.14. The third kappa shape index (κ3) is 37.0. The van der Waals surface area contributed by atoms with Crippen molar-refractivity contribution in [2.24, 2.45) is 0 Å². The Morgan fingerprint density at radius 2 is 0.872 bits per heavy atom. The highest BCUT2D eigenvalue weighted by atomic mass is 16.6. The SMILES string of the molecule is CCCCCC[C@@H](O)C/C=C\CCCCCCCC(=O)OCCOCCOC(=O)CCCCCCC/C=C\C[C@H](O)CCCCCC. The third-order valence-corrected chi connectivity index (χ3v) is 8.42. The molecule has 0 saturated carbocycles. The van der Waals surface area contributed by atoms with E-state index in [-0.39, 0.29) is 37.4 Å². The number of carbonyl (C=O) groups is 2. The van der Waals surface area contributed by atoms with Crippen LogP contribution in [0.25, 0.3) is 0 Å². The molecule has 0 bridgehead atoms. The zero-order chi connectivity index (χ0) is 34.5. The van der Waals surface area contributed by atoms with E-state index in [1.54, 1.807) is 0 Å². The minimum atomic E-state index is -0.198. The van der Waals surface area contributed by atoms with Gasteiger partial charge in [-0.05, 0) is 64.2 Å². The second kappa shape index (κ2) is 37.1. The fraction of sp³-hybridized carbons (Fsp3) is 0.850. The van der Waals surface area contributed by atoms with Gasteiger partial charge in [-0.15, -0.1) is 0 Å². The molecule has 0 spiro atoms. The number of esters is 2. The number of aliphatic hydroxyl groups excluding tert-OH is 2. The van der Waals surface area contributed by atoms with E-state index < -0.39 is 0 Å². The van der Waals surface area contributed by atoms with Crippen molar-refractivity contribution >= 4 is 11.9 Å². The van der Waals surface area contributed by atoms with Crippen LogP contribution in [-0.2, 0) is 23.8 Å². The zero-order valence-electron chi connectivity index (χ0n) is 30.6. The third-order valence-electron chi connectivity index (χ3n) is 8.42. The van der Waals surface area contributed by atoms with Gasteiger partial charge in [0.2, 0.25) is 0 Å². The van der Waals surface area contributed by atoms with E-state index >= 15 is 0 Å². The first-order valence-electron chi connectivity index (χ1n) is 19.5. The molecule has 0 aromatic heterocycles. The van der Waals surface area contributed by atoms with Gasteiger partial charge in [0.1, 0.15) is 13.2 Å². The van der Waals surface area contributed by atoms with Crippen LogP contribution < -0.4 is 0 Å². The molecule has 0 radical (unpaired) electrons. The van der Waals surface area contributed by atoms with Crippen molar-refractivity contribution in [3.8, 4) is 0 Å². The quantitative estimate of drug-likeness (QED) is 0.0390. The monoisotopic (exact) mass is 667 g/mol. The summed E-state index contributed by atoms with van der Waals surface area (Å²) in [6.45, 7) is 5.47. The predicted octanol–water partition coefficient (Wildman–Crippen LogP) is 10.1. The normalized spacial score (nSPS) is 13.0. The van der Waals surface area contributed by atoms with Gasteiger partial charge in [0.05, 0.1) is 25.4 Å². The van der Waals surface area contributed by atoms with Crippen LogP contribution >= 0.6 is 0 Å². The van der Waals surface area contributed by atoms with Crippen LogP contribution in [0.15, 0.2) is 24.3 Å². The number of ether oxygens (including phenoxy) is 3. The average molecular weight is 667 g/mol. The Bertz CT molecular complexity index is 676. The second-order valence-corrected chi connectivity index (χ2v) is 13.1. The van der Waals surface area contributed by atoms with E-state index in [2.05, 4.69) is 38.2 Å². The Morgan fingerprint density at radius 1 is 0.489 bits per heavy atom. The summed E-state index contributed by atoms with van der Waals surface area (Å²) >= 11 is 0. The van der Waals surface area contributed by atoms with Crippen molar-refractivity contribution in [2.45, 2.75) is 193 Å². The molecule has 0 aromatic carbocycles. The Balaban J connectivity index is 3.40. The van der Waals surface area contributed by atoms with Crippen molar-refractivity contribution < 1.29 is 34.0 Å². The first-order chi connectivity index (χ1) is 23.0. The van der Waals surface area contributed by atoms with Crippen LogP contribution in [0.3, 0.4) is 0 Å². The van der Waals surface area contributed by atoms with Gasteiger partial charge >= 0.3 is 11.9 Å². The molecule has 47 heavy (non-hydrogen) atoms. The molecular weight excluding hydrogens is 592 g/mol. The lowest BCUT2D eigenvalue weighted by Gasteiger charge is -2.07. The Morgan fingerprint density at radius 3 is 1.30 bits per heavy atom. The number of unbranched alkanes of at least 4 members (excludes halogenated alkanes) is 16. The number of hydrogen-bond acceptors (Lipinski definition) is 7. The summed E-state index contributed by atoms with van der Waals surface area (Å²) in [7, 11) is 0. The first-order valence-corrected chi connectivity index (χ1v) is 19.5. The topological polar surface area (TPSA) is 102 Å². The Hall–Kier alpha value is -1.70. The van der Waals surface area contributed by atoms with Crippen molar-refractivity contribution in [3.63, 3.8) is 0 Å². The van der Waals surface area contributed by atoms with Crippen LogP contribution in [0.2, 0.25) is 0 Å². The summed E-state index contributed by atoms with van der Waals surface area (Å²) in [5, 5.41) is 20.0. The van der Waals surface area contributed by atoms with Crippen LogP contribution in [0.1, 0.15) is 181 Å². The standard InChI is InChI=1S/C40H74O7/c1-3-5-7-21-27-37(41)29-23-17-13-9-11-15-19-25-31-39(43)46-35-33-45-34-36-47-40(44)32-26-20-16-12-10-14-18-24-30-38(42)28-22-8-6-4-2/h17-18,23-24,37-38,41-42H,3-16,19-22,25-36H2,1-2H3/b23-17-,24-18-/t37-,38-/m1/s1. The molecular formula is C40H74O7. The maximum Gasteiger partial charge on any atom is 0.305 e. The van der Waals surface area contributed by atoms with Gasteiger partial charge in [0, 0.05) is 12.8 Å². The molecule has 0 fully saturated rings. The molecule has 7 nitrogen and oxygen atoms in total. The van der Waals surface area contributed by atoms with E-state index in [0.717, 1.165) is 116 Å². The number of aliphatic hydroxyl groups is 2. The van der Waals surface area contributed by atoms with Crippen molar-refractivity contribution in [2.75, 3.05) is 26.4 Å². The first kappa shape index (κ1) is 45.3. The number of hydrogen-bond donors (Lipinski definition) is 2. The van der Waals surface area contributed by atoms with Crippen LogP contribution in [0.4, 0.5) is 0 Å². The number of carbonyl (C=O) groups excluding carboxylic acids is 2. The maximum atomic E-state index is 11.9. The lowest BCUT2D eigenvalue weighted by molar-refractivity contribution is -0.146. The Labute approximate surface area is 289 Å². The van der Waals surface area contributed by atoms with E-state index in [9.17, 15) is 19.8 Å². The van der Waals surface area contributed by atoms with E-state index in [1.807, 2.05) is 0 Å². The van der Waals surface area contributed by atoms with Crippen molar-refractivity contribution in [1.82, 2.24) is 0 Å².